The molecule has 7 heteroatoms. The number of carboxylic acids is 1. The number of hydrogen-bond acceptors (Lipinski definition) is 3. The highest BCUT2D eigenvalue weighted by molar-refractivity contribution is 5.69. The molecule has 0 aromatic rings. The Kier molecular flexibility index (Phi) is 4.55. The van der Waals surface area contributed by atoms with Gasteiger partial charge in [-0.2, -0.15) is 13.2 Å². The van der Waals surface area contributed by atoms with Crippen molar-refractivity contribution in [3.63, 3.8) is 0 Å². The molecule has 16 heavy (non-hydrogen) atoms. The number of alkyl halides is 3. The minimum Gasteiger partial charge on any atom is -0.480 e. The Morgan fingerprint density at radius 2 is 2.06 bits per heavy atom. The van der Waals surface area contributed by atoms with Crippen LogP contribution < -0.4 is 0 Å². The molecule has 0 amide bonds. The zero-order valence-corrected chi connectivity index (χ0v) is 8.66. The summed E-state index contributed by atoms with van der Waals surface area (Å²) in [5.41, 5.74) is 0. The number of rotatable bonds is 7. The second-order valence-electron chi connectivity index (χ2n) is 3.76. The van der Waals surface area contributed by atoms with Gasteiger partial charge in [-0.05, 0) is 12.8 Å². The van der Waals surface area contributed by atoms with Gasteiger partial charge in [-0.1, -0.05) is 0 Å². The Labute approximate surface area is 91.0 Å². The summed E-state index contributed by atoms with van der Waals surface area (Å²) in [6.45, 7) is -1.28. The quantitative estimate of drug-likeness (QED) is 0.678. The Hall–Kier alpha value is -0.820. The standard InChI is InChI=1S/C9H14F3NO3/c10-9(11,12)6-16-4-3-13(5-8(14)15)7-1-2-7/h7H,1-6H2,(H,14,15). The summed E-state index contributed by atoms with van der Waals surface area (Å²) in [7, 11) is 0. The van der Waals surface area contributed by atoms with E-state index in [-0.39, 0.29) is 25.7 Å². The third-order valence-electron chi connectivity index (χ3n) is 2.19. The van der Waals surface area contributed by atoms with Crippen LogP contribution >= 0.6 is 0 Å². The Morgan fingerprint density at radius 3 is 2.50 bits per heavy atom. The van der Waals surface area contributed by atoms with Crippen LogP contribution in [0.5, 0.6) is 0 Å². The number of halogens is 3. The molecular weight excluding hydrogens is 227 g/mol. The molecule has 1 aliphatic rings. The lowest BCUT2D eigenvalue weighted by Gasteiger charge is -2.19. The van der Waals surface area contributed by atoms with Gasteiger partial charge in [-0.3, -0.25) is 9.69 Å². The molecule has 0 aromatic carbocycles. The molecule has 1 aliphatic carbocycles. The van der Waals surface area contributed by atoms with Crippen molar-refractivity contribution in [1.29, 1.82) is 0 Å². The van der Waals surface area contributed by atoms with Gasteiger partial charge in [0.05, 0.1) is 13.2 Å². The van der Waals surface area contributed by atoms with E-state index in [0.29, 0.717) is 0 Å². The highest BCUT2D eigenvalue weighted by Crippen LogP contribution is 2.26. The second-order valence-corrected chi connectivity index (χ2v) is 3.76. The third-order valence-corrected chi connectivity index (χ3v) is 2.19. The molecule has 0 bridgehead atoms. The van der Waals surface area contributed by atoms with Crippen molar-refractivity contribution in [2.24, 2.45) is 0 Å². The lowest BCUT2D eigenvalue weighted by atomic mass is 10.4. The largest absolute Gasteiger partial charge is 0.480 e. The highest BCUT2D eigenvalue weighted by atomic mass is 19.4. The molecule has 0 saturated heterocycles. The fourth-order valence-corrected chi connectivity index (χ4v) is 1.37. The van der Waals surface area contributed by atoms with Crippen LogP contribution in [-0.2, 0) is 9.53 Å². The number of ether oxygens (including phenoxy) is 1. The van der Waals surface area contributed by atoms with Gasteiger partial charge < -0.3 is 9.84 Å². The minimum absolute atomic E-state index is 0.0940. The average molecular weight is 241 g/mol. The molecule has 1 rings (SSSR count). The van der Waals surface area contributed by atoms with Crippen LogP contribution in [-0.4, -0.2) is 54.5 Å². The van der Waals surface area contributed by atoms with E-state index in [1.165, 1.54) is 0 Å². The summed E-state index contributed by atoms with van der Waals surface area (Å²) < 4.78 is 39.6. The lowest BCUT2D eigenvalue weighted by Crippen LogP contribution is -2.35. The van der Waals surface area contributed by atoms with E-state index in [2.05, 4.69) is 4.74 Å². The first-order valence-corrected chi connectivity index (χ1v) is 4.99. The van der Waals surface area contributed by atoms with Crippen molar-refractivity contribution in [3.8, 4) is 0 Å². The van der Waals surface area contributed by atoms with Crippen LogP contribution in [0.1, 0.15) is 12.8 Å². The summed E-state index contributed by atoms with van der Waals surface area (Å²) >= 11 is 0. The normalized spacial score (nSPS) is 16.8. The maximum Gasteiger partial charge on any atom is 0.411 e. The molecule has 0 aliphatic heterocycles. The van der Waals surface area contributed by atoms with Crippen molar-refractivity contribution in [1.82, 2.24) is 4.90 Å². The fourth-order valence-electron chi connectivity index (χ4n) is 1.37. The smallest absolute Gasteiger partial charge is 0.411 e. The van der Waals surface area contributed by atoms with Gasteiger partial charge in [0, 0.05) is 12.6 Å². The molecule has 94 valence electrons. The lowest BCUT2D eigenvalue weighted by molar-refractivity contribution is -0.175. The van der Waals surface area contributed by atoms with Crippen molar-refractivity contribution >= 4 is 5.97 Å². The van der Waals surface area contributed by atoms with Gasteiger partial charge in [0.25, 0.3) is 0 Å². The van der Waals surface area contributed by atoms with E-state index in [9.17, 15) is 18.0 Å². The average Bonchev–Trinajstić information content (AvgIpc) is 2.90. The molecule has 4 nitrogen and oxygen atoms in total. The number of hydrogen-bond donors (Lipinski definition) is 1. The van der Waals surface area contributed by atoms with Crippen molar-refractivity contribution < 1.29 is 27.8 Å². The predicted octanol–water partition coefficient (Wildman–Crippen LogP) is 1.11. The molecule has 0 radical (unpaired) electrons. The van der Waals surface area contributed by atoms with Gasteiger partial charge in [0.1, 0.15) is 6.61 Å². The molecule has 1 saturated carbocycles. The number of nitrogens with zero attached hydrogens (tertiary/aromatic N) is 1. The summed E-state index contributed by atoms with van der Waals surface area (Å²) in [6.07, 6.45) is -2.50. The Morgan fingerprint density at radius 1 is 1.44 bits per heavy atom. The minimum atomic E-state index is -4.32. The Balaban J connectivity index is 2.15. The summed E-state index contributed by atoms with van der Waals surface area (Å²) in [4.78, 5) is 12.1. The SMILES string of the molecule is O=C(O)CN(CCOCC(F)(F)F)C1CC1. The monoisotopic (exact) mass is 241 g/mol. The summed E-state index contributed by atoms with van der Waals surface area (Å²) in [5, 5.41) is 8.58. The van der Waals surface area contributed by atoms with Gasteiger partial charge >= 0.3 is 12.1 Å². The molecule has 0 aromatic heterocycles. The van der Waals surface area contributed by atoms with Crippen LogP contribution in [0.15, 0.2) is 0 Å². The maximum absolute atomic E-state index is 11.7. The predicted molar refractivity (Wildman–Crippen MR) is 49.1 cm³/mol. The van der Waals surface area contributed by atoms with Gasteiger partial charge in [0.2, 0.25) is 0 Å². The van der Waals surface area contributed by atoms with E-state index in [0.717, 1.165) is 12.8 Å². The summed E-state index contributed by atoms with van der Waals surface area (Å²) in [5.74, 6) is -0.970. The molecule has 0 spiro atoms. The van der Waals surface area contributed by atoms with Crippen molar-refractivity contribution in [2.45, 2.75) is 25.1 Å². The van der Waals surface area contributed by atoms with E-state index >= 15 is 0 Å². The van der Waals surface area contributed by atoms with E-state index in [1.54, 1.807) is 4.90 Å². The highest BCUT2D eigenvalue weighted by Gasteiger charge is 2.31. The van der Waals surface area contributed by atoms with Crippen LogP contribution in [0.4, 0.5) is 13.2 Å². The first-order chi connectivity index (χ1) is 7.38. The number of carboxylic acid groups (broad SMARTS) is 1. The van der Waals surface area contributed by atoms with E-state index in [4.69, 9.17) is 5.11 Å². The number of aliphatic carboxylic acids is 1. The molecule has 0 heterocycles. The van der Waals surface area contributed by atoms with E-state index < -0.39 is 18.8 Å². The van der Waals surface area contributed by atoms with Gasteiger partial charge in [0.15, 0.2) is 0 Å². The van der Waals surface area contributed by atoms with Crippen LogP contribution in [0, 0.1) is 0 Å². The zero-order valence-electron chi connectivity index (χ0n) is 8.66. The van der Waals surface area contributed by atoms with Gasteiger partial charge in [-0.25, -0.2) is 0 Å². The number of carbonyl (C=O) groups is 1. The summed E-state index contributed by atoms with van der Waals surface area (Å²) in [6, 6.07) is 0.200. The van der Waals surface area contributed by atoms with Crippen LogP contribution in [0.2, 0.25) is 0 Å². The molecular formula is C9H14F3NO3. The zero-order chi connectivity index (χ0) is 12.2. The molecule has 0 unspecified atom stereocenters. The molecule has 1 fully saturated rings. The fraction of sp³-hybridized carbons (Fsp3) is 0.889. The first-order valence-electron chi connectivity index (χ1n) is 4.99. The first kappa shape index (κ1) is 13.2. The topological polar surface area (TPSA) is 49.8 Å². The van der Waals surface area contributed by atoms with E-state index in [1.807, 2.05) is 0 Å². The van der Waals surface area contributed by atoms with Crippen molar-refractivity contribution in [2.75, 3.05) is 26.3 Å². The Bertz CT molecular complexity index is 241. The second kappa shape index (κ2) is 5.49. The maximum atomic E-state index is 11.7. The van der Waals surface area contributed by atoms with Crippen LogP contribution in [0.25, 0.3) is 0 Å². The molecule has 1 N–H and O–H groups in total. The van der Waals surface area contributed by atoms with Crippen molar-refractivity contribution in [3.05, 3.63) is 0 Å². The van der Waals surface area contributed by atoms with Gasteiger partial charge in [-0.15, -0.1) is 0 Å². The molecule has 0 atom stereocenters. The van der Waals surface area contributed by atoms with Crippen LogP contribution in [0.3, 0.4) is 0 Å². The third kappa shape index (κ3) is 5.92.